The SMILES string of the molecule is CCC(C)P(=O)(c1ccccc1)c1ccc2ccc3cccc4ccc1c2c34. The molecule has 0 radical (unpaired) electrons. The molecule has 28 heavy (non-hydrogen) atoms. The molecule has 5 rings (SSSR count). The van der Waals surface area contributed by atoms with E-state index in [1.807, 2.05) is 30.3 Å². The number of hydrogen-bond donors (Lipinski definition) is 0. The lowest BCUT2D eigenvalue weighted by atomic mass is 9.94. The first-order valence-electron chi connectivity index (χ1n) is 9.97. The molecule has 1 nitrogen and oxygen atoms in total. The summed E-state index contributed by atoms with van der Waals surface area (Å²) < 4.78 is 14.7. The van der Waals surface area contributed by atoms with Crippen molar-refractivity contribution < 1.29 is 4.57 Å². The third-order valence-electron chi connectivity index (χ3n) is 6.21. The van der Waals surface area contributed by atoms with Gasteiger partial charge < -0.3 is 4.57 Å². The summed E-state index contributed by atoms with van der Waals surface area (Å²) in [4.78, 5) is 0. The van der Waals surface area contributed by atoms with Crippen LogP contribution in [0, 0.1) is 0 Å². The first-order valence-corrected chi connectivity index (χ1v) is 11.7. The van der Waals surface area contributed by atoms with Gasteiger partial charge in [-0.2, -0.15) is 0 Å². The van der Waals surface area contributed by atoms with Gasteiger partial charge in [-0.3, -0.25) is 0 Å². The lowest BCUT2D eigenvalue weighted by Gasteiger charge is -2.27. The van der Waals surface area contributed by atoms with Crippen molar-refractivity contribution in [2.75, 3.05) is 0 Å². The highest BCUT2D eigenvalue weighted by molar-refractivity contribution is 7.79. The molecule has 138 valence electrons. The first kappa shape index (κ1) is 17.5. The summed E-state index contributed by atoms with van der Waals surface area (Å²) in [5.41, 5.74) is 0.0911. The molecule has 0 spiro atoms. The van der Waals surface area contributed by atoms with Crippen molar-refractivity contribution in [2.45, 2.75) is 25.9 Å². The topological polar surface area (TPSA) is 17.1 Å². The standard InChI is InChI=1S/C26H23OP/c1-3-18(2)28(27,22-10-5-4-6-11-22)24-17-15-21-13-12-19-8-7-9-20-14-16-23(24)26(21)25(19)20/h4-18H,3H2,1-2H3. The Hall–Kier alpha value is -2.63. The summed E-state index contributed by atoms with van der Waals surface area (Å²) >= 11 is 0. The van der Waals surface area contributed by atoms with Crippen LogP contribution in [0.4, 0.5) is 0 Å². The molecule has 0 fully saturated rings. The predicted molar refractivity (Wildman–Crippen MR) is 123 cm³/mol. The molecule has 0 bridgehead atoms. The van der Waals surface area contributed by atoms with E-state index in [0.717, 1.165) is 22.4 Å². The largest absolute Gasteiger partial charge is 0.313 e. The van der Waals surface area contributed by atoms with Crippen LogP contribution in [-0.2, 0) is 4.57 Å². The minimum Gasteiger partial charge on any atom is -0.313 e. The summed E-state index contributed by atoms with van der Waals surface area (Å²) in [6.45, 7) is 4.27. The van der Waals surface area contributed by atoms with E-state index in [-0.39, 0.29) is 5.66 Å². The van der Waals surface area contributed by atoms with Crippen LogP contribution in [0.5, 0.6) is 0 Å². The molecule has 0 aliphatic carbocycles. The minimum absolute atomic E-state index is 0.0911. The first-order chi connectivity index (χ1) is 13.6. The maximum Gasteiger partial charge on any atom is 0.146 e. The number of rotatable bonds is 4. The van der Waals surface area contributed by atoms with E-state index in [1.54, 1.807) is 0 Å². The Morgan fingerprint density at radius 3 is 2.00 bits per heavy atom. The van der Waals surface area contributed by atoms with Crippen LogP contribution in [0.15, 0.2) is 84.9 Å². The average molecular weight is 382 g/mol. The highest BCUT2D eigenvalue weighted by Gasteiger charge is 2.34. The van der Waals surface area contributed by atoms with Gasteiger partial charge in [0.15, 0.2) is 0 Å². The van der Waals surface area contributed by atoms with Gasteiger partial charge in [0.1, 0.15) is 7.14 Å². The second-order valence-electron chi connectivity index (χ2n) is 7.69. The van der Waals surface area contributed by atoms with Gasteiger partial charge in [0.2, 0.25) is 0 Å². The molecule has 2 unspecified atom stereocenters. The van der Waals surface area contributed by atoms with Gasteiger partial charge in [-0.1, -0.05) is 92.7 Å². The predicted octanol–water partition coefficient (Wildman–Crippen LogP) is 6.70. The molecule has 5 aromatic rings. The van der Waals surface area contributed by atoms with E-state index >= 15 is 0 Å². The van der Waals surface area contributed by atoms with Gasteiger partial charge in [-0.15, -0.1) is 0 Å². The molecular formula is C26H23OP. The van der Waals surface area contributed by atoms with Crippen molar-refractivity contribution in [1.29, 1.82) is 0 Å². The third kappa shape index (κ3) is 2.36. The Morgan fingerprint density at radius 2 is 1.32 bits per heavy atom. The van der Waals surface area contributed by atoms with Gasteiger partial charge in [0.25, 0.3) is 0 Å². The minimum atomic E-state index is -2.77. The lowest BCUT2D eigenvalue weighted by molar-refractivity contribution is 0.578. The molecular weight excluding hydrogens is 359 g/mol. The number of hydrogen-bond acceptors (Lipinski definition) is 1. The van der Waals surface area contributed by atoms with Crippen LogP contribution in [-0.4, -0.2) is 5.66 Å². The summed E-state index contributed by atoms with van der Waals surface area (Å²) in [7, 11) is -2.77. The number of benzene rings is 5. The van der Waals surface area contributed by atoms with Crippen molar-refractivity contribution in [3.05, 3.63) is 84.9 Å². The zero-order chi connectivity index (χ0) is 19.3. The molecule has 0 aliphatic rings. The van der Waals surface area contributed by atoms with Crippen LogP contribution < -0.4 is 10.6 Å². The van der Waals surface area contributed by atoms with Crippen LogP contribution in [0.1, 0.15) is 20.3 Å². The maximum atomic E-state index is 14.7. The van der Waals surface area contributed by atoms with E-state index in [0.29, 0.717) is 0 Å². The van der Waals surface area contributed by atoms with Crippen molar-refractivity contribution in [2.24, 2.45) is 0 Å². The summed E-state index contributed by atoms with van der Waals surface area (Å²) in [5.74, 6) is 0. The monoisotopic (exact) mass is 382 g/mol. The smallest absolute Gasteiger partial charge is 0.146 e. The zero-order valence-electron chi connectivity index (χ0n) is 16.2. The highest BCUT2D eigenvalue weighted by Crippen LogP contribution is 2.52. The molecule has 0 N–H and O–H groups in total. The third-order valence-corrected chi connectivity index (χ3v) is 9.99. The Balaban J connectivity index is 1.93. The maximum absolute atomic E-state index is 14.7. The fourth-order valence-electron chi connectivity index (χ4n) is 4.55. The average Bonchev–Trinajstić information content (AvgIpc) is 2.77. The van der Waals surface area contributed by atoms with Gasteiger partial charge in [0.05, 0.1) is 0 Å². The van der Waals surface area contributed by atoms with Crippen LogP contribution in [0.25, 0.3) is 32.3 Å². The molecule has 2 atom stereocenters. The Kier molecular flexibility index (Phi) is 4.03. The van der Waals surface area contributed by atoms with E-state index in [1.165, 1.54) is 26.9 Å². The Bertz CT molecular complexity index is 1320. The van der Waals surface area contributed by atoms with Gasteiger partial charge in [0, 0.05) is 16.3 Å². The molecule has 0 saturated heterocycles. The highest BCUT2D eigenvalue weighted by atomic mass is 31.2. The van der Waals surface area contributed by atoms with Crippen LogP contribution >= 0.6 is 7.14 Å². The second kappa shape index (κ2) is 6.47. The quantitative estimate of drug-likeness (QED) is 0.250. The second-order valence-corrected chi connectivity index (χ2v) is 10.9. The van der Waals surface area contributed by atoms with E-state index < -0.39 is 7.14 Å². The summed E-state index contributed by atoms with van der Waals surface area (Å²) in [6.07, 6.45) is 0.883. The van der Waals surface area contributed by atoms with Crippen molar-refractivity contribution >= 4 is 50.1 Å². The summed E-state index contributed by atoms with van der Waals surface area (Å²) in [6, 6.07) is 29.5. The molecule has 0 amide bonds. The molecule has 0 aliphatic heterocycles. The Labute approximate surface area is 165 Å². The molecule has 0 saturated carbocycles. The van der Waals surface area contributed by atoms with Crippen molar-refractivity contribution in [3.63, 3.8) is 0 Å². The van der Waals surface area contributed by atoms with E-state index in [9.17, 15) is 4.57 Å². The normalized spacial score (nSPS) is 15.2. The molecule has 5 aromatic carbocycles. The molecule has 0 aromatic heterocycles. The zero-order valence-corrected chi connectivity index (χ0v) is 17.1. The Morgan fingerprint density at radius 1 is 0.714 bits per heavy atom. The lowest BCUT2D eigenvalue weighted by Crippen LogP contribution is -2.24. The van der Waals surface area contributed by atoms with Gasteiger partial charge in [-0.25, -0.2) is 0 Å². The van der Waals surface area contributed by atoms with Crippen LogP contribution in [0.2, 0.25) is 0 Å². The van der Waals surface area contributed by atoms with Gasteiger partial charge >= 0.3 is 0 Å². The fraction of sp³-hybridized carbons (Fsp3) is 0.154. The molecule has 0 heterocycles. The fourth-order valence-corrected chi connectivity index (χ4v) is 7.78. The molecule has 2 heteroatoms. The van der Waals surface area contributed by atoms with E-state index in [4.69, 9.17) is 0 Å². The van der Waals surface area contributed by atoms with E-state index in [2.05, 4.69) is 68.4 Å². The van der Waals surface area contributed by atoms with Crippen molar-refractivity contribution in [3.8, 4) is 0 Å². The van der Waals surface area contributed by atoms with Gasteiger partial charge in [-0.05, 0) is 44.8 Å². The summed E-state index contributed by atoms with van der Waals surface area (Å²) in [5, 5.41) is 9.31. The van der Waals surface area contributed by atoms with Crippen LogP contribution in [0.3, 0.4) is 0 Å². The van der Waals surface area contributed by atoms with Crippen molar-refractivity contribution in [1.82, 2.24) is 0 Å².